The van der Waals surface area contributed by atoms with Gasteiger partial charge in [0.1, 0.15) is 17.9 Å². The van der Waals surface area contributed by atoms with Crippen molar-refractivity contribution in [2.45, 2.75) is 45.6 Å². The van der Waals surface area contributed by atoms with E-state index in [1.807, 2.05) is 24.3 Å². The van der Waals surface area contributed by atoms with Crippen molar-refractivity contribution in [2.24, 2.45) is 0 Å². The summed E-state index contributed by atoms with van der Waals surface area (Å²) >= 11 is 0. The van der Waals surface area contributed by atoms with Crippen LogP contribution in [0.15, 0.2) is 48.0 Å². The highest BCUT2D eigenvalue weighted by Crippen LogP contribution is 2.37. The van der Waals surface area contributed by atoms with Gasteiger partial charge < -0.3 is 9.84 Å². The number of nitrogens with zero attached hydrogens (tertiary/aromatic N) is 1. The van der Waals surface area contributed by atoms with E-state index in [2.05, 4.69) is 13.8 Å². The first-order chi connectivity index (χ1) is 14.3. The summed E-state index contributed by atoms with van der Waals surface area (Å²) in [4.78, 5) is 35.3. The van der Waals surface area contributed by atoms with E-state index in [-0.39, 0.29) is 36.3 Å². The third-order valence-electron chi connectivity index (χ3n) is 5.08. The number of nitro benzene ring substituents is 1. The number of ether oxygens (including phenoxy) is 1. The molecule has 0 unspecified atom stereocenters. The zero-order valence-electron chi connectivity index (χ0n) is 16.9. The van der Waals surface area contributed by atoms with Crippen molar-refractivity contribution < 1.29 is 24.4 Å². The standard InChI is InChI=1S/C23H23NO6/c1-14(2)16-11-9-15(10-12-16)13-30-20-8-3-5-17(22(20)24(28)29)23(27)21-18(25)6-4-7-19(21)26/h3,5,8-12,14,27H,4,6-7,13H2,1-2H3. The summed E-state index contributed by atoms with van der Waals surface area (Å²) in [6, 6.07) is 11.9. The second kappa shape index (κ2) is 8.90. The van der Waals surface area contributed by atoms with Crippen LogP contribution >= 0.6 is 0 Å². The van der Waals surface area contributed by atoms with Crippen LogP contribution in [-0.4, -0.2) is 21.6 Å². The highest BCUT2D eigenvalue weighted by Gasteiger charge is 2.32. The summed E-state index contributed by atoms with van der Waals surface area (Å²) in [5.41, 5.74) is 0.953. The number of aliphatic hydroxyl groups excluding tert-OH is 1. The summed E-state index contributed by atoms with van der Waals surface area (Å²) in [5.74, 6) is -1.33. The van der Waals surface area contributed by atoms with E-state index in [4.69, 9.17) is 4.74 Å². The molecule has 0 amide bonds. The third kappa shape index (κ3) is 4.40. The van der Waals surface area contributed by atoms with Gasteiger partial charge in [0, 0.05) is 12.8 Å². The van der Waals surface area contributed by atoms with Gasteiger partial charge in [0.25, 0.3) is 0 Å². The molecule has 0 aromatic heterocycles. The van der Waals surface area contributed by atoms with Gasteiger partial charge in [-0.1, -0.05) is 44.2 Å². The fraction of sp³-hybridized carbons (Fsp3) is 0.304. The summed E-state index contributed by atoms with van der Waals surface area (Å²) in [7, 11) is 0. The SMILES string of the molecule is CC(C)c1ccc(COc2cccc(C(O)=C3C(=O)CCCC3=O)c2[N+](=O)[O-])cc1. The van der Waals surface area contributed by atoms with Gasteiger partial charge in [0.15, 0.2) is 17.3 Å². The Hall–Kier alpha value is -3.48. The summed E-state index contributed by atoms with van der Waals surface area (Å²) in [6.07, 6.45) is 0.665. The van der Waals surface area contributed by atoms with Gasteiger partial charge >= 0.3 is 5.69 Å². The number of carbonyl (C=O) groups excluding carboxylic acids is 2. The van der Waals surface area contributed by atoms with E-state index < -0.39 is 27.9 Å². The van der Waals surface area contributed by atoms with Gasteiger partial charge in [0.2, 0.25) is 0 Å². The first-order valence-corrected chi connectivity index (χ1v) is 9.78. The van der Waals surface area contributed by atoms with Crippen molar-refractivity contribution in [3.8, 4) is 5.75 Å². The van der Waals surface area contributed by atoms with E-state index in [0.717, 1.165) is 5.56 Å². The summed E-state index contributed by atoms with van der Waals surface area (Å²) in [6.45, 7) is 4.27. The number of ketones is 2. The second-order valence-electron chi connectivity index (χ2n) is 7.52. The van der Waals surface area contributed by atoms with E-state index in [1.165, 1.54) is 23.8 Å². The highest BCUT2D eigenvalue weighted by molar-refractivity contribution is 6.26. The number of hydrogen-bond acceptors (Lipinski definition) is 6. The minimum absolute atomic E-state index is 0.0479. The molecule has 30 heavy (non-hydrogen) atoms. The average Bonchev–Trinajstić information content (AvgIpc) is 2.71. The van der Waals surface area contributed by atoms with Crippen molar-refractivity contribution in [3.05, 3.63) is 74.8 Å². The Morgan fingerprint density at radius 2 is 1.73 bits per heavy atom. The van der Waals surface area contributed by atoms with Gasteiger partial charge in [-0.25, -0.2) is 0 Å². The van der Waals surface area contributed by atoms with Gasteiger partial charge in [-0.3, -0.25) is 19.7 Å². The van der Waals surface area contributed by atoms with E-state index in [1.54, 1.807) is 0 Å². The number of allylic oxidation sites excluding steroid dienone is 1. The van der Waals surface area contributed by atoms with Crippen molar-refractivity contribution in [1.82, 2.24) is 0 Å². The molecule has 7 heteroatoms. The van der Waals surface area contributed by atoms with Crippen LogP contribution in [0.3, 0.4) is 0 Å². The lowest BCUT2D eigenvalue weighted by molar-refractivity contribution is -0.386. The Morgan fingerprint density at radius 3 is 2.30 bits per heavy atom. The number of nitro groups is 1. The molecule has 0 saturated heterocycles. The second-order valence-corrected chi connectivity index (χ2v) is 7.52. The molecular weight excluding hydrogens is 386 g/mol. The lowest BCUT2D eigenvalue weighted by Gasteiger charge is -2.15. The van der Waals surface area contributed by atoms with Crippen LogP contribution in [0.2, 0.25) is 0 Å². The number of hydrogen-bond donors (Lipinski definition) is 1. The topological polar surface area (TPSA) is 107 Å². The lowest BCUT2D eigenvalue weighted by atomic mass is 9.89. The van der Waals surface area contributed by atoms with Crippen molar-refractivity contribution >= 4 is 23.0 Å². The molecule has 156 valence electrons. The molecule has 2 aromatic carbocycles. The number of aliphatic hydroxyl groups is 1. The molecule has 3 rings (SSSR count). The molecule has 0 spiro atoms. The largest absolute Gasteiger partial charge is 0.506 e. The van der Waals surface area contributed by atoms with Crippen LogP contribution in [0.5, 0.6) is 5.75 Å². The first-order valence-electron chi connectivity index (χ1n) is 9.78. The normalized spacial score (nSPS) is 14.2. The molecule has 0 atom stereocenters. The molecule has 0 bridgehead atoms. The van der Waals surface area contributed by atoms with Gasteiger partial charge in [-0.2, -0.15) is 0 Å². The average molecular weight is 409 g/mol. The van der Waals surface area contributed by atoms with Gasteiger partial charge in [0.05, 0.1) is 10.5 Å². The maximum absolute atomic E-state index is 12.1. The molecule has 1 aliphatic rings. The monoisotopic (exact) mass is 409 g/mol. The number of para-hydroxylation sites is 1. The minimum atomic E-state index is -0.679. The predicted octanol–water partition coefficient (Wildman–Crippen LogP) is 4.89. The fourth-order valence-corrected chi connectivity index (χ4v) is 3.39. The van der Waals surface area contributed by atoms with Crippen molar-refractivity contribution in [1.29, 1.82) is 0 Å². The smallest absolute Gasteiger partial charge is 0.321 e. The quantitative estimate of drug-likeness (QED) is 0.239. The van der Waals surface area contributed by atoms with Crippen molar-refractivity contribution in [2.75, 3.05) is 0 Å². The lowest BCUT2D eigenvalue weighted by Crippen LogP contribution is -2.20. The summed E-state index contributed by atoms with van der Waals surface area (Å²) in [5, 5.41) is 22.3. The molecule has 1 N–H and O–H groups in total. The molecule has 1 saturated carbocycles. The van der Waals surface area contributed by atoms with Gasteiger partial charge in [-0.15, -0.1) is 0 Å². The number of Topliss-reactive ketones (excluding diaryl/α,β-unsaturated/α-hetero) is 2. The van der Waals surface area contributed by atoms with Crippen LogP contribution in [0.1, 0.15) is 55.7 Å². The molecule has 0 heterocycles. The Labute approximate surface area is 174 Å². The maximum atomic E-state index is 12.1. The zero-order chi connectivity index (χ0) is 21.8. The zero-order valence-corrected chi connectivity index (χ0v) is 16.9. The molecule has 1 fully saturated rings. The highest BCUT2D eigenvalue weighted by atomic mass is 16.6. The molecule has 0 aliphatic heterocycles. The molecule has 2 aromatic rings. The Morgan fingerprint density at radius 1 is 1.10 bits per heavy atom. The van der Waals surface area contributed by atoms with Crippen LogP contribution in [0.25, 0.3) is 5.76 Å². The fourth-order valence-electron chi connectivity index (χ4n) is 3.39. The Kier molecular flexibility index (Phi) is 6.30. The first kappa shape index (κ1) is 21.2. The van der Waals surface area contributed by atoms with Crippen LogP contribution < -0.4 is 4.74 Å². The molecule has 1 aliphatic carbocycles. The Bertz CT molecular complexity index is 1000. The number of rotatable bonds is 6. The number of carbonyl (C=O) groups is 2. The molecule has 0 radical (unpaired) electrons. The van der Waals surface area contributed by atoms with Crippen LogP contribution in [0, 0.1) is 10.1 Å². The molecule has 7 nitrogen and oxygen atoms in total. The van der Waals surface area contributed by atoms with Crippen molar-refractivity contribution in [3.63, 3.8) is 0 Å². The van der Waals surface area contributed by atoms with E-state index in [9.17, 15) is 24.8 Å². The third-order valence-corrected chi connectivity index (χ3v) is 5.08. The maximum Gasteiger partial charge on any atom is 0.321 e. The van der Waals surface area contributed by atoms with Crippen LogP contribution in [0.4, 0.5) is 5.69 Å². The van der Waals surface area contributed by atoms with E-state index in [0.29, 0.717) is 12.3 Å². The Balaban J connectivity index is 1.94. The number of benzene rings is 2. The molecular formula is C23H23NO6. The van der Waals surface area contributed by atoms with Crippen LogP contribution in [-0.2, 0) is 16.2 Å². The summed E-state index contributed by atoms with van der Waals surface area (Å²) < 4.78 is 5.67. The predicted molar refractivity (Wildman–Crippen MR) is 111 cm³/mol. The minimum Gasteiger partial charge on any atom is -0.506 e. The van der Waals surface area contributed by atoms with Gasteiger partial charge in [-0.05, 0) is 35.6 Å². The van der Waals surface area contributed by atoms with E-state index >= 15 is 0 Å².